The Balaban J connectivity index is 3.57. The molecule has 1 atom stereocenters. The van der Waals surface area contributed by atoms with E-state index in [1.165, 1.54) is 5.57 Å². The van der Waals surface area contributed by atoms with Gasteiger partial charge in [0.05, 0.1) is 0 Å². The fourth-order valence-corrected chi connectivity index (χ4v) is 0.966. The van der Waals surface area contributed by atoms with Crippen molar-refractivity contribution in [3.05, 3.63) is 23.8 Å². The predicted octanol–water partition coefficient (Wildman–Crippen LogP) is 3.12. The molecule has 1 heteroatoms. The Morgan fingerprint density at radius 1 is 1.42 bits per heavy atom. The van der Waals surface area contributed by atoms with Crippen molar-refractivity contribution >= 4 is 6.29 Å². The Morgan fingerprint density at radius 3 is 2.58 bits per heavy atom. The largest absolute Gasteiger partial charge is 0.299 e. The molecule has 12 heavy (non-hydrogen) atoms. The number of carbonyl (C=O) groups is 1. The van der Waals surface area contributed by atoms with E-state index >= 15 is 0 Å². The van der Waals surface area contributed by atoms with Gasteiger partial charge in [0.25, 0.3) is 0 Å². The average molecular weight is 166 g/mol. The van der Waals surface area contributed by atoms with Crippen LogP contribution in [0.25, 0.3) is 0 Å². The predicted molar refractivity (Wildman–Crippen MR) is 53.0 cm³/mol. The second-order valence-corrected chi connectivity index (χ2v) is 3.36. The molecule has 0 radical (unpaired) electrons. The Kier molecular flexibility index (Phi) is 6.35. The molecule has 0 bridgehead atoms. The van der Waals surface area contributed by atoms with E-state index in [0.29, 0.717) is 5.92 Å². The average Bonchev–Trinajstić information content (AvgIpc) is 2.00. The Morgan fingerprint density at radius 2 is 2.08 bits per heavy atom. The van der Waals surface area contributed by atoms with Gasteiger partial charge in [-0.25, -0.2) is 0 Å². The summed E-state index contributed by atoms with van der Waals surface area (Å²) in [5, 5.41) is 0. The van der Waals surface area contributed by atoms with Crippen LogP contribution in [0.1, 0.15) is 33.6 Å². The lowest BCUT2D eigenvalue weighted by Gasteiger charge is -2.01. The molecule has 0 aliphatic heterocycles. The molecule has 0 aliphatic rings. The van der Waals surface area contributed by atoms with Gasteiger partial charge in [0.2, 0.25) is 0 Å². The van der Waals surface area contributed by atoms with E-state index in [0.717, 1.165) is 19.1 Å². The van der Waals surface area contributed by atoms with E-state index in [-0.39, 0.29) is 0 Å². The van der Waals surface area contributed by atoms with Crippen molar-refractivity contribution in [1.82, 2.24) is 0 Å². The van der Waals surface area contributed by atoms with Gasteiger partial charge in [0.1, 0.15) is 6.29 Å². The third kappa shape index (κ3) is 7.26. The summed E-state index contributed by atoms with van der Waals surface area (Å²) in [6.07, 6.45) is 8.81. The number of carbonyl (C=O) groups excluding carboxylic acids is 1. The Labute approximate surface area is 75.2 Å². The van der Waals surface area contributed by atoms with Crippen molar-refractivity contribution in [1.29, 1.82) is 0 Å². The number of allylic oxidation sites excluding steroid dienone is 4. The van der Waals surface area contributed by atoms with E-state index in [4.69, 9.17) is 0 Å². The summed E-state index contributed by atoms with van der Waals surface area (Å²) in [5.41, 5.74) is 1.36. The van der Waals surface area contributed by atoms with Gasteiger partial charge in [-0.3, -0.25) is 4.79 Å². The van der Waals surface area contributed by atoms with Crippen molar-refractivity contribution in [2.75, 3.05) is 0 Å². The van der Waals surface area contributed by atoms with Crippen LogP contribution in [0, 0.1) is 5.92 Å². The zero-order chi connectivity index (χ0) is 9.40. The summed E-state index contributed by atoms with van der Waals surface area (Å²) in [4.78, 5) is 9.99. The smallest absolute Gasteiger partial charge is 0.142 e. The second kappa shape index (κ2) is 6.84. The molecule has 68 valence electrons. The zero-order valence-corrected chi connectivity index (χ0v) is 8.21. The maximum Gasteiger partial charge on any atom is 0.142 e. The Bertz CT molecular complexity index is 173. The van der Waals surface area contributed by atoms with Crippen LogP contribution in [0.2, 0.25) is 0 Å². The maximum absolute atomic E-state index is 9.99. The summed E-state index contributed by atoms with van der Waals surface area (Å²) < 4.78 is 0. The molecule has 0 heterocycles. The molecule has 0 fully saturated rings. The van der Waals surface area contributed by atoms with Crippen LogP contribution in [-0.4, -0.2) is 6.29 Å². The van der Waals surface area contributed by atoms with Gasteiger partial charge >= 0.3 is 0 Å². The highest BCUT2D eigenvalue weighted by molar-refractivity contribution is 5.64. The van der Waals surface area contributed by atoms with E-state index in [1.807, 2.05) is 6.08 Å². The van der Waals surface area contributed by atoms with Gasteiger partial charge in [-0.15, -0.1) is 0 Å². The standard InChI is InChI=1S/C11H18O/c1-10(2)6-4-7-11(3)8-5-9-12/h5-6,8-9,11H,4,7H2,1-3H3/b8-5+. The minimum absolute atomic E-state index is 0.505. The minimum atomic E-state index is 0.505. The lowest BCUT2D eigenvalue weighted by atomic mass is 10.0. The lowest BCUT2D eigenvalue weighted by molar-refractivity contribution is -0.104. The molecule has 0 saturated carbocycles. The highest BCUT2D eigenvalue weighted by atomic mass is 16.1. The van der Waals surface area contributed by atoms with Gasteiger partial charge in [0.15, 0.2) is 0 Å². The van der Waals surface area contributed by atoms with Gasteiger partial charge < -0.3 is 0 Å². The molecule has 1 nitrogen and oxygen atoms in total. The van der Waals surface area contributed by atoms with Gasteiger partial charge in [-0.05, 0) is 38.7 Å². The molecule has 0 aromatic carbocycles. The van der Waals surface area contributed by atoms with Crippen LogP contribution in [0.4, 0.5) is 0 Å². The maximum atomic E-state index is 9.99. The summed E-state index contributed by atoms with van der Waals surface area (Å²) in [5.74, 6) is 0.505. The van der Waals surface area contributed by atoms with E-state index in [2.05, 4.69) is 26.8 Å². The molecule has 0 saturated heterocycles. The zero-order valence-electron chi connectivity index (χ0n) is 8.21. The Hall–Kier alpha value is -0.850. The van der Waals surface area contributed by atoms with Crippen LogP contribution in [-0.2, 0) is 4.79 Å². The van der Waals surface area contributed by atoms with E-state index in [1.54, 1.807) is 6.08 Å². The third-order valence-electron chi connectivity index (χ3n) is 1.69. The van der Waals surface area contributed by atoms with Crippen molar-refractivity contribution in [2.24, 2.45) is 5.92 Å². The van der Waals surface area contributed by atoms with Crippen LogP contribution in [0.3, 0.4) is 0 Å². The summed E-state index contributed by atoms with van der Waals surface area (Å²) >= 11 is 0. The molecular weight excluding hydrogens is 148 g/mol. The molecule has 0 aliphatic carbocycles. The van der Waals surface area contributed by atoms with Crippen molar-refractivity contribution < 1.29 is 4.79 Å². The van der Waals surface area contributed by atoms with Crippen LogP contribution in [0.15, 0.2) is 23.8 Å². The van der Waals surface area contributed by atoms with E-state index < -0.39 is 0 Å². The number of hydrogen-bond acceptors (Lipinski definition) is 1. The van der Waals surface area contributed by atoms with Crippen LogP contribution >= 0.6 is 0 Å². The molecule has 0 N–H and O–H groups in total. The monoisotopic (exact) mass is 166 g/mol. The first-order chi connectivity index (χ1) is 5.66. The van der Waals surface area contributed by atoms with Crippen molar-refractivity contribution in [3.63, 3.8) is 0 Å². The minimum Gasteiger partial charge on any atom is -0.299 e. The van der Waals surface area contributed by atoms with E-state index in [9.17, 15) is 4.79 Å². The normalized spacial score (nSPS) is 12.9. The molecule has 0 spiro atoms. The quantitative estimate of drug-likeness (QED) is 0.348. The van der Waals surface area contributed by atoms with Crippen LogP contribution < -0.4 is 0 Å². The van der Waals surface area contributed by atoms with Crippen molar-refractivity contribution in [3.8, 4) is 0 Å². The fraction of sp³-hybridized carbons (Fsp3) is 0.545. The fourth-order valence-electron chi connectivity index (χ4n) is 0.966. The lowest BCUT2D eigenvalue weighted by Crippen LogP contribution is -1.88. The first kappa shape index (κ1) is 11.2. The molecule has 0 amide bonds. The topological polar surface area (TPSA) is 17.1 Å². The highest BCUT2D eigenvalue weighted by Gasteiger charge is 1.93. The first-order valence-electron chi connectivity index (χ1n) is 4.42. The summed E-state index contributed by atoms with van der Waals surface area (Å²) in [6.45, 7) is 6.33. The van der Waals surface area contributed by atoms with Gasteiger partial charge in [0, 0.05) is 0 Å². The molecule has 1 unspecified atom stereocenters. The van der Waals surface area contributed by atoms with Crippen LogP contribution in [0.5, 0.6) is 0 Å². The van der Waals surface area contributed by atoms with Crippen molar-refractivity contribution in [2.45, 2.75) is 33.6 Å². The first-order valence-corrected chi connectivity index (χ1v) is 4.42. The number of hydrogen-bond donors (Lipinski definition) is 0. The third-order valence-corrected chi connectivity index (χ3v) is 1.69. The number of aldehydes is 1. The second-order valence-electron chi connectivity index (χ2n) is 3.36. The molecule has 0 aromatic rings. The molecular formula is C11H18O. The number of rotatable bonds is 5. The molecule has 0 rings (SSSR count). The summed E-state index contributed by atoms with van der Waals surface area (Å²) in [7, 11) is 0. The highest BCUT2D eigenvalue weighted by Crippen LogP contribution is 2.08. The van der Waals surface area contributed by atoms with Gasteiger partial charge in [-0.1, -0.05) is 24.6 Å². The SMILES string of the molecule is CC(C)=CCCC(C)/C=C/C=O. The van der Waals surface area contributed by atoms with Gasteiger partial charge in [-0.2, -0.15) is 0 Å². The molecule has 0 aromatic heterocycles. The summed E-state index contributed by atoms with van der Waals surface area (Å²) in [6, 6.07) is 0.